The number of carbonyl (C=O) groups excluding carboxylic acids is 1. The summed E-state index contributed by atoms with van der Waals surface area (Å²) in [5, 5.41) is 20.1. The van der Waals surface area contributed by atoms with Crippen molar-refractivity contribution in [2.24, 2.45) is 5.92 Å². The number of likely N-dealkylation sites (tertiary alicyclic amines) is 1. The molecule has 23 heavy (non-hydrogen) atoms. The minimum absolute atomic E-state index is 0.168. The van der Waals surface area contributed by atoms with Gasteiger partial charge >= 0.3 is 5.97 Å². The topological polar surface area (TPSA) is 127 Å². The van der Waals surface area contributed by atoms with Crippen LogP contribution in [0.1, 0.15) is 23.2 Å². The number of piperidine rings is 1. The molecule has 0 saturated carbocycles. The van der Waals surface area contributed by atoms with Gasteiger partial charge in [-0.3, -0.25) is 19.7 Å². The van der Waals surface area contributed by atoms with Gasteiger partial charge in [0.25, 0.3) is 11.6 Å². The molecule has 120 valence electrons. The second-order valence-corrected chi connectivity index (χ2v) is 5.82. The van der Waals surface area contributed by atoms with E-state index in [0.717, 1.165) is 11.7 Å². The molecule has 2 heterocycles. The molecule has 3 rings (SSSR count). The van der Waals surface area contributed by atoms with Gasteiger partial charge in [-0.2, -0.15) is 8.75 Å². The van der Waals surface area contributed by atoms with Gasteiger partial charge in [0.1, 0.15) is 5.52 Å². The summed E-state index contributed by atoms with van der Waals surface area (Å²) in [5.74, 6) is -1.66. The van der Waals surface area contributed by atoms with Gasteiger partial charge in [0.15, 0.2) is 5.52 Å². The van der Waals surface area contributed by atoms with Gasteiger partial charge in [0.2, 0.25) is 0 Å². The minimum Gasteiger partial charge on any atom is -0.481 e. The normalized spacial score (nSPS) is 15.7. The first kappa shape index (κ1) is 15.3. The molecule has 0 radical (unpaired) electrons. The van der Waals surface area contributed by atoms with Crippen LogP contribution in [0, 0.1) is 16.0 Å². The van der Waals surface area contributed by atoms with Crippen LogP contribution in [-0.2, 0) is 4.79 Å². The van der Waals surface area contributed by atoms with Gasteiger partial charge in [-0.15, -0.1) is 0 Å². The Hall–Kier alpha value is -2.62. The maximum absolute atomic E-state index is 12.5. The maximum Gasteiger partial charge on any atom is 0.306 e. The Kier molecular flexibility index (Phi) is 3.90. The lowest BCUT2D eigenvalue weighted by molar-refractivity contribution is -0.383. The highest BCUT2D eigenvalue weighted by atomic mass is 32.1. The van der Waals surface area contributed by atoms with Gasteiger partial charge in [0, 0.05) is 24.7 Å². The predicted octanol–water partition coefficient (Wildman–Crippen LogP) is 1.54. The molecule has 9 nitrogen and oxygen atoms in total. The summed E-state index contributed by atoms with van der Waals surface area (Å²) in [6, 6.07) is 2.69. The Morgan fingerprint density at radius 3 is 2.61 bits per heavy atom. The molecule has 1 fully saturated rings. The van der Waals surface area contributed by atoms with E-state index in [2.05, 4.69) is 8.75 Å². The molecule has 1 amide bonds. The second kappa shape index (κ2) is 5.88. The predicted molar refractivity (Wildman–Crippen MR) is 80.3 cm³/mol. The zero-order valence-electron chi connectivity index (χ0n) is 11.8. The molecule has 0 spiro atoms. The van der Waals surface area contributed by atoms with Crippen molar-refractivity contribution in [2.75, 3.05) is 13.1 Å². The van der Waals surface area contributed by atoms with Crippen molar-refractivity contribution in [3.8, 4) is 0 Å². The summed E-state index contributed by atoms with van der Waals surface area (Å²) in [5.41, 5.74) is 0.403. The molecule has 1 saturated heterocycles. The van der Waals surface area contributed by atoms with Crippen LogP contribution in [-0.4, -0.2) is 48.6 Å². The van der Waals surface area contributed by atoms with E-state index < -0.39 is 16.8 Å². The Morgan fingerprint density at radius 1 is 1.30 bits per heavy atom. The van der Waals surface area contributed by atoms with Gasteiger partial charge in [-0.05, 0) is 18.9 Å². The van der Waals surface area contributed by atoms with Crippen molar-refractivity contribution in [2.45, 2.75) is 12.8 Å². The third kappa shape index (κ3) is 2.84. The van der Waals surface area contributed by atoms with Crippen molar-refractivity contribution < 1.29 is 19.6 Å². The van der Waals surface area contributed by atoms with E-state index in [1.54, 1.807) is 0 Å². The van der Waals surface area contributed by atoms with E-state index in [9.17, 15) is 19.7 Å². The monoisotopic (exact) mass is 336 g/mol. The molecule has 0 aliphatic carbocycles. The number of hydrogen-bond acceptors (Lipinski definition) is 7. The SMILES string of the molecule is O=C(O)C1CCN(C(=O)c2cc([N+](=O)[O-])c3nsnc3c2)CC1. The third-order valence-electron chi connectivity index (χ3n) is 3.92. The van der Waals surface area contributed by atoms with Crippen molar-refractivity contribution in [3.63, 3.8) is 0 Å². The summed E-state index contributed by atoms with van der Waals surface area (Å²) in [6.07, 6.45) is 0.757. The van der Waals surface area contributed by atoms with Crippen LogP contribution in [0.25, 0.3) is 11.0 Å². The molecule has 1 aromatic heterocycles. The maximum atomic E-state index is 12.5. The number of benzene rings is 1. The van der Waals surface area contributed by atoms with Crippen molar-refractivity contribution in [1.82, 2.24) is 13.6 Å². The Bertz CT molecular complexity index is 797. The Balaban J connectivity index is 1.87. The van der Waals surface area contributed by atoms with Crippen molar-refractivity contribution in [3.05, 3.63) is 27.8 Å². The molecule has 0 unspecified atom stereocenters. The minimum atomic E-state index is -0.859. The lowest BCUT2D eigenvalue weighted by Crippen LogP contribution is -2.40. The van der Waals surface area contributed by atoms with Crippen LogP contribution < -0.4 is 0 Å². The zero-order valence-corrected chi connectivity index (χ0v) is 12.7. The van der Waals surface area contributed by atoms with Crippen LogP contribution >= 0.6 is 11.7 Å². The fraction of sp³-hybridized carbons (Fsp3) is 0.385. The highest BCUT2D eigenvalue weighted by Crippen LogP contribution is 2.27. The fourth-order valence-corrected chi connectivity index (χ4v) is 3.18. The van der Waals surface area contributed by atoms with Gasteiger partial charge in [-0.25, -0.2) is 0 Å². The number of carbonyl (C=O) groups is 2. The summed E-state index contributed by atoms with van der Waals surface area (Å²) < 4.78 is 7.84. The van der Waals surface area contributed by atoms with Crippen LogP contribution in [0.2, 0.25) is 0 Å². The smallest absolute Gasteiger partial charge is 0.306 e. The molecule has 0 atom stereocenters. The first-order chi connectivity index (χ1) is 11.0. The standard InChI is InChI=1S/C13H12N4O5S/c18-12(16-3-1-7(2-4-16)13(19)20)8-5-9-11(15-23-14-9)10(6-8)17(21)22/h5-7H,1-4H2,(H,19,20). The number of non-ortho nitro benzene ring substituents is 1. The zero-order chi connectivity index (χ0) is 16.6. The quantitative estimate of drug-likeness (QED) is 0.665. The van der Waals surface area contributed by atoms with Crippen molar-refractivity contribution in [1.29, 1.82) is 0 Å². The first-order valence-electron chi connectivity index (χ1n) is 6.90. The van der Waals surface area contributed by atoms with Gasteiger partial charge < -0.3 is 10.0 Å². The number of aromatic nitrogens is 2. The highest BCUT2D eigenvalue weighted by Gasteiger charge is 2.29. The number of nitro groups is 1. The first-order valence-corrected chi connectivity index (χ1v) is 7.63. The lowest BCUT2D eigenvalue weighted by atomic mass is 9.96. The second-order valence-electron chi connectivity index (χ2n) is 5.29. The molecule has 0 bridgehead atoms. The molecule has 1 N–H and O–H groups in total. The van der Waals surface area contributed by atoms with Crippen LogP contribution in [0.5, 0.6) is 0 Å². The van der Waals surface area contributed by atoms with E-state index >= 15 is 0 Å². The van der Waals surface area contributed by atoms with Crippen LogP contribution in [0.4, 0.5) is 5.69 Å². The number of hydrogen-bond donors (Lipinski definition) is 1. The van der Waals surface area contributed by atoms with E-state index in [1.807, 2.05) is 0 Å². The van der Waals surface area contributed by atoms with E-state index in [-0.39, 0.29) is 22.7 Å². The highest BCUT2D eigenvalue weighted by molar-refractivity contribution is 7.00. The van der Waals surface area contributed by atoms with Crippen molar-refractivity contribution >= 4 is 40.3 Å². The van der Waals surface area contributed by atoms with Gasteiger partial charge in [-0.1, -0.05) is 0 Å². The van der Waals surface area contributed by atoms with E-state index in [4.69, 9.17) is 5.11 Å². The number of amides is 1. The number of carboxylic acid groups (broad SMARTS) is 1. The summed E-state index contributed by atoms with van der Waals surface area (Å²) in [7, 11) is 0. The Morgan fingerprint density at radius 2 is 2.00 bits per heavy atom. The third-order valence-corrected chi connectivity index (χ3v) is 4.46. The molecule has 1 aliphatic rings. The van der Waals surface area contributed by atoms with E-state index in [0.29, 0.717) is 31.4 Å². The molecule has 2 aromatic rings. The molecule has 1 aliphatic heterocycles. The van der Waals surface area contributed by atoms with Gasteiger partial charge in [0.05, 0.1) is 22.6 Å². The molecular weight excluding hydrogens is 324 g/mol. The number of aliphatic carboxylic acids is 1. The van der Waals surface area contributed by atoms with Crippen LogP contribution in [0.3, 0.4) is 0 Å². The summed E-state index contributed by atoms with van der Waals surface area (Å²) in [4.78, 5) is 35.5. The largest absolute Gasteiger partial charge is 0.481 e. The van der Waals surface area contributed by atoms with Crippen LogP contribution in [0.15, 0.2) is 12.1 Å². The number of fused-ring (bicyclic) bond motifs is 1. The number of nitro benzene ring substituents is 1. The van der Waals surface area contributed by atoms with E-state index in [1.165, 1.54) is 17.0 Å². The number of carboxylic acids is 1. The molecular formula is C13H12N4O5S. The number of nitrogens with zero attached hydrogens (tertiary/aromatic N) is 4. The molecule has 10 heteroatoms. The Labute approximate surface area is 134 Å². The molecule has 1 aromatic carbocycles. The summed E-state index contributed by atoms with van der Waals surface area (Å²) >= 11 is 0.849. The average molecular weight is 336 g/mol. The summed E-state index contributed by atoms with van der Waals surface area (Å²) in [6.45, 7) is 0.633. The lowest BCUT2D eigenvalue weighted by Gasteiger charge is -2.30. The number of rotatable bonds is 3. The fourth-order valence-electron chi connectivity index (χ4n) is 2.65. The average Bonchev–Trinajstić information content (AvgIpc) is 3.01.